The number of carbonyl (C=O) groups is 1. The van der Waals surface area contributed by atoms with E-state index >= 15 is 0 Å². The fraction of sp³-hybridized carbons (Fsp3) is 0.238. The summed E-state index contributed by atoms with van der Waals surface area (Å²) in [5.41, 5.74) is 8.77. The van der Waals surface area contributed by atoms with Gasteiger partial charge in [0.05, 0.1) is 17.1 Å². The standard InChI is InChI=1S/C19H17FN6O.C2H4O2/c20-16-7-12(27)2-3-13(16)17-8-14(15(9-21)19(22)24-17)18-6-11-10-23-4-1-5-26(11)25-18;1-2(3)4/h2-3,6-8,23,27H,1,4-5,10H2,(H2,22,24);1H3,(H,3,4). The maximum Gasteiger partial charge on any atom is 0.300 e. The molecule has 4 rings (SSSR count). The van der Waals surface area contributed by atoms with E-state index in [2.05, 4.69) is 21.5 Å². The van der Waals surface area contributed by atoms with Crippen LogP contribution in [-0.4, -0.2) is 37.5 Å². The van der Waals surface area contributed by atoms with E-state index in [0.29, 0.717) is 17.8 Å². The molecule has 0 atom stereocenters. The normalized spacial score (nSPS) is 12.7. The van der Waals surface area contributed by atoms with Gasteiger partial charge in [0.2, 0.25) is 0 Å². The Morgan fingerprint density at radius 3 is 2.71 bits per heavy atom. The topological polar surface area (TPSA) is 150 Å². The molecule has 160 valence electrons. The average molecular weight is 424 g/mol. The van der Waals surface area contributed by atoms with Crippen molar-refractivity contribution in [3.63, 3.8) is 0 Å². The number of nitrogen functional groups attached to an aromatic ring is 1. The summed E-state index contributed by atoms with van der Waals surface area (Å²) in [6.45, 7) is 3.48. The van der Waals surface area contributed by atoms with E-state index in [0.717, 1.165) is 38.2 Å². The fourth-order valence-corrected chi connectivity index (χ4v) is 3.23. The first-order chi connectivity index (χ1) is 14.8. The highest BCUT2D eigenvalue weighted by molar-refractivity contribution is 5.79. The predicted octanol–water partition coefficient (Wildman–Crippen LogP) is 2.49. The lowest BCUT2D eigenvalue weighted by atomic mass is 10.0. The minimum Gasteiger partial charge on any atom is -0.508 e. The van der Waals surface area contributed by atoms with Crippen LogP contribution in [0, 0.1) is 17.1 Å². The van der Waals surface area contributed by atoms with E-state index < -0.39 is 11.8 Å². The van der Waals surface area contributed by atoms with Gasteiger partial charge in [-0.1, -0.05) is 0 Å². The number of benzene rings is 1. The maximum atomic E-state index is 14.3. The summed E-state index contributed by atoms with van der Waals surface area (Å²) in [4.78, 5) is 13.2. The van der Waals surface area contributed by atoms with Crippen LogP contribution in [0.2, 0.25) is 0 Å². The van der Waals surface area contributed by atoms with Gasteiger partial charge in [-0.05, 0) is 37.2 Å². The monoisotopic (exact) mass is 424 g/mol. The molecule has 0 saturated heterocycles. The molecule has 0 bridgehead atoms. The quantitative estimate of drug-likeness (QED) is 0.490. The smallest absolute Gasteiger partial charge is 0.300 e. The van der Waals surface area contributed by atoms with Crippen LogP contribution in [0.1, 0.15) is 24.6 Å². The van der Waals surface area contributed by atoms with Crippen LogP contribution in [0.4, 0.5) is 10.2 Å². The van der Waals surface area contributed by atoms with E-state index in [1.165, 1.54) is 12.1 Å². The Hall–Kier alpha value is -3.97. The van der Waals surface area contributed by atoms with Gasteiger partial charge < -0.3 is 21.3 Å². The minimum absolute atomic E-state index is 0.0128. The van der Waals surface area contributed by atoms with Gasteiger partial charge in [-0.2, -0.15) is 10.4 Å². The van der Waals surface area contributed by atoms with Crippen molar-refractivity contribution in [1.29, 1.82) is 5.26 Å². The highest BCUT2D eigenvalue weighted by atomic mass is 19.1. The Balaban J connectivity index is 0.000000628. The van der Waals surface area contributed by atoms with Gasteiger partial charge >= 0.3 is 0 Å². The molecular formula is C21H21FN6O3. The Morgan fingerprint density at radius 1 is 1.29 bits per heavy atom. The number of aromatic nitrogens is 3. The summed E-state index contributed by atoms with van der Waals surface area (Å²) >= 11 is 0. The van der Waals surface area contributed by atoms with Crippen molar-refractivity contribution in [3.05, 3.63) is 47.4 Å². The van der Waals surface area contributed by atoms with Gasteiger partial charge in [-0.3, -0.25) is 9.48 Å². The molecule has 0 amide bonds. The third-order valence-corrected chi connectivity index (χ3v) is 4.56. The summed E-state index contributed by atoms with van der Waals surface area (Å²) in [5.74, 6) is -1.62. The van der Waals surface area contributed by atoms with Crippen LogP contribution < -0.4 is 11.1 Å². The van der Waals surface area contributed by atoms with E-state index in [1.807, 2.05) is 10.7 Å². The van der Waals surface area contributed by atoms with Gasteiger partial charge in [-0.15, -0.1) is 0 Å². The first-order valence-electron chi connectivity index (χ1n) is 9.47. The van der Waals surface area contributed by atoms with Crippen molar-refractivity contribution >= 4 is 11.8 Å². The number of nitriles is 1. The highest BCUT2D eigenvalue weighted by Gasteiger charge is 2.19. The molecule has 1 aliphatic rings. The van der Waals surface area contributed by atoms with Gasteiger partial charge in [0.25, 0.3) is 5.97 Å². The summed E-state index contributed by atoms with van der Waals surface area (Å²) in [5, 5.41) is 34.3. The van der Waals surface area contributed by atoms with Crippen LogP contribution in [0.5, 0.6) is 5.75 Å². The number of nitrogens with one attached hydrogen (secondary N) is 1. The molecule has 9 nitrogen and oxygen atoms in total. The number of anilines is 1. The molecule has 5 N–H and O–H groups in total. The van der Waals surface area contributed by atoms with Gasteiger partial charge in [0, 0.05) is 37.2 Å². The van der Waals surface area contributed by atoms with Crippen LogP contribution in [0.3, 0.4) is 0 Å². The molecule has 1 aromatic carbocycles. The van der Waals surface area contributed by atoms with Crippen LogP contribution in [-0.2, 0) is 17.9 Å². The zero-order valence-electron chi connectivity index (χ0n) is 16.8. The summed E-state index contributed by atoms with van der Waals surface area (Å²) in [6, 6.07) is 9.40. The second-order valence-electron chi connectivity index (χ2n) is 6.88. The van der Waals surface area contributed by atoms with Crippen molar-refractivity contribution in [3.8, 4) is 34.3 Å². The molecule has 0 saturated carbocycles. The maximum absolute atomic E-state index is 14.3. The lowest BCUT2D eigenvalue weighted by molar-refractivity contribution is -0.134. The molecule has 1 aliphatic heterocycles. The number of carboxylic acids is 1. The first kappa shape index (κ1) is 21.7. The molecule has 31 heavy (non-hydrogen) atoms. The molecule has 0 fully saturated rings. The number of nitrogens with zero attached hydrogens (tertiary/aromatic N) is 4. The number of aliphatic carboxylic acids is 1. The van der Waals surface area contributed by atoms with E-state index in [4.69, 9.17) is 15.6 Å². The van der Waals surface area contributed by atoms with Crippen LogP contribution in [0.15, 0.2) is 30.3 Å². The number of phenolic OH excluding ortho intramolecular Hbond substituents is 1. The van der Waals surface area contributed by atoms with E-state index in [1.54, 1.807) is 6.07 Å². The number of aryl methyl sites for hydroxylation is 1. The number of hydrogen-bond donors (Lipinski definition) is 4. The number of hydrogen-bond acceptors (Lipinski definition) is 7. The third-order valence-electron chi connectivity index (χ3n) is 4.56. The molecule has 3 aromatic rings. The molecule has 0 unspecified atom stereocenters. The van der Waals surface area contributed by atoms with Crippen LogP contribution in [0.25, 0.3) is 22.5 Å². The summed E-state index contributed by atoms with van der Waals surface area (Å²) < 4.78 is 16.2. The van der Waals surface area contributed by atoms with Gasteiger partial charge in [0.1, 0.15) is 29.0 Å². The van der Waals surface area contributed by atoms with E-state index in [9.17, 15) is 14.8 Å². The minimum atomic E-state index is -0.833. The van der Waals surface area contributed by atoms with Crippen molar-refractivity contribution in [2.45, 2.75) is 26.4 Å². The van der Waals surface area contributed by atoms with Crippen LogP contribution >= 0.6 is 0 Å². The number of aromatic hydroxyl groups is 1. The number of pyridine rings is 1. The third kappa shape index (κ3) is 4.96. The number of rotatable bonds is 2. The van der Waals surface area contributed by atoms with Crippen molar-refractivity contribution in [1.82, 2.24) is 20.1 Å². The Bertz CT molecular complexity index is 1140. The Kier molecular flexibility index (Phi) is 6.47. The number of fused-ring (bicyclic) bond motifs is 1. The largest absolute Gasteiger partial charge is 0.508 e. The first-order valence-corrected chi connectivity index (χ1v) is 9.47. The number of nitrogens with two attached hydrogens (primary N) is 1. The van der Waals surface area contributed by atoms with Crippen molar-refractivity contribution in [2.24, 2.45) is 0 Å². The van der Waals surface area contributed by atoms with Gasteiger partial charge in [-0.25, -0.2) is 9.37 Å². The average Bonchev–Trinajstić information content (AvgIpc) is 2.97. The highest BCUT2D eigenvalue weighted by Crippen LogP contribution is 2.33. The molecule has 0 spiro atoms. The lowest BCUT2D eigenvalue weighted by Crippen LogP contribution is -2.11. The molecule has 2 aromatic heterocycles. The molecular weight excluding hydrogens is 403 g/mol. The molecule has 10 heteroatoms. The predicted molar refractivity (Wildman–Crippen MR) is 111 cm³/mol. The second kappa shape index (κ2) is 9.23. The van der Waals surface area contributed by atoms with Crippen molar-refractivity contribution in [2.75, 3.05) is 12.3 Å². The molecule has 0 radical (unpaired) electrons. The second-order valence-corrected chi connectivity index (χ2v) is 6.88. The van der Waals surface area contributed by atoms with Gasteiger partial charge in [0.15, 0.2) is 0 Å². The Labute approximate surface area is 177 Å². The SMILES string of the molecule is CC(=O)O.N#Cc1c(-c2cc3n(n2)CCCNC3)cc(-c2ccc(O)cc2F)nc1N. The fourth-order valence-electron chi connectivity index (χ4n) is 3.23. The lowest BCUT2D eigenvalue weighted by Gasteiger charge is -2.09. The number of halogens is 1. The molecule has 3 heterocycles. The zero-order chi connectivity index (χ0) is 22.5. The number of phenols is 1. The zero-order valence-corrected chi connectivity index (χ0v) is 16.8. The molecule has 0 aliphatic carbocycles. The van der Waals surface area contributed by atoms with E-state index in [-0.39, 0.29) is 28.4 Å². The summed E-state index contributed by atoms with van der Waals surface area (Å²) in [6.07, 6.45) is 0.960. The number of carboxylic acid groups (broad SMARTS) is 1. The van der Waals surface area contributed by atoms with Crippen molar-refractivity contribution < 1.29 is 19.4 Å². The summed E-state index contributed by atoms with van der Waals surface area (Å²) in [7, 11) is 0. The Morgan fingerprint density at radius 2 is 2.03 bits per heavy atom.